The van der Waals surface area contributed by atoms with Gasteiger partial charge in [0.15, 0.2) is 0 Å². The molecule has 1 aromatic heterocycles. The second kappa shape index (κ2) is 4.87. The molecule has 94 valence electrons. The van der Waals surface area contributed by atoms with E-state index in [1.165, 1.54) is 0 Å². The average molecular weight is 237 g/mol. The van der Waals surface area contributed by atoms with Crippen molar-refractivity contribution >= 4 is 5.91 Å². The Morgan fingerprint density at radius 1 is 1.59 bits per heavy atom. The van der Waals surface area contributed by atoms with E-state index in [1.54, 1.807) is 15.6 Å². The van der Waals surface area contributed by atoms with Crippen LogP contribution in [0.5, 0.6) is 0 Å². The molecule has 1 aliphatic heterocycles. The van der Waals surface area contributed by atoms with Crippen molar-refractivity contribution in [2.45, 2.75) is 32.9 Å². The van der Waals surface area contributed by atoms with Crippen molar-refractivity contribution in [3.8, 4) is 0 Å². The van der Waals surface area contributed by atoms with Crippen molar-refractivity contribution in [3.05, 3.63) is 18.0 Å². The van der Waals surface area contributed by atoms with Gasteiger partial charge in [0.05, 0.1) is 12.7 Å². The Labute approximate surface area is 101 Å². The van der Waals surface area contributed by atoms with Gasteiger partial charge in [-0.25, -0.2) is 0 Å². The number of amides is 1. The van der Waals surface area contributed by atoms with Gasteiger partial charge in [-0.15, -0.1) is 0 Å². The summed E-state index contributed by atoms with van der Waals surface area (Å²) in [6.07, 6.45) is 1.96. The molecule has 0 aliphatic carbocycles. The lowest BCUT2D eigenvalue weighted by atomic mass is 10.2. The Hall–Kier alpha value is -1.36. The topological polar surface area (TPSA) is 47.4 Å². The number of morpholine rings is 1. The molecule has 2 rings (SSSR count). The molecular weight excluding hydrogens is 218 g/mol. The molecule has 0 saturated carbocycles. The smallest absolute Gasteiger partial charge is 0.274 e. The molecule has 0 spiro atoms. The lowest BCUT2D eigenvalue weighted by Gasteiger charge is -2.30. The Balaban J connectivity index is 2.07. The van der Waals surface area contributed by atoms with Crippen molar-refractivity contribution in [3.63, 3.8) is 0 Å². The Morgan fingerprint density at radius 2 is 2.35 bits per heavy atom. The monoisotopic (exact) mass is 237 g/mol. The zero-order valence-electron chi connectivity index (χ0n) is 10.6. The van der Waals surface area contributed by atoms with E-state index in [-0.39, 0.29) is 18.1 Å². The molecule has 1 amide bonds. The van der Waals surface area contributed by atoms with Crippen LogP contribution < -0.4 is 0 Å². The number of carbonyl (C=O) groups excluding carboxylic acids is 1. The lowest BCUT2D eigenvalue weighted by molar-refractivity contribution is -0.0126. The van der Waals surface area contributed by atoms with E-state index in [0.29, 0.717) is 25.4 Å². The van der Waals surface area contributed by atoms with Crippen molar-refractivity contribution in [1.82, 2.24) is 14.7 Å². The van der Waals surface area contributed by atoms with Crippen molar-refractivity contribution in [2.75, 3.05) is 19.7 Å². The van der Waals surface area contributed by atoms with Crippen LogP contribution in [0.1, 0.15) is 37.3 Å². The first-order valence-electron chi connectivity index (χ1n) is 6.04. The second-order valence-electron chi connectivity index (χ2n) is 4.71. The van der Waals surface area contributed by atoms with Gasteiger partial charge in [-0.2, -0.15) is 5.10 Å². The highest BCUT2D eigenvalue weighted by Crippen LogP contribution is 2.10. The van der Waals surface area contributed by atoms with Crippen LogP contribution in [-0.2, 0) is 4.74 Å². The number of hydrogen-bond acceptors (Lipinski definition) is 3. The van der Waals surface area contributed by atoms with Crippen LogP contribution in [0.2, 0.25) is 0 Å². The van der Waals surface area contributed by atoms with Gasteiger partial charge in [0.2, 0.25) is 0 Å². The lowest BCUT2D eigenvalue weighted by Crippen LogP contribution is -2.44. The molecular formula is C12H19N3O2. The number of rotatable bonds is 2. The number of hydrogen-bond donors (Lipinski definition) is 0. The van der Waals surface area contributed by atoms with E-state index in [9.17, 15) is 4.79 Å². The summed E-state index contributed by atoms with van der Waals surface area (Å²) in [7, 11) is 0. The van der Waals surface area contributed by atoms with Crippen LogP contribution in [0.3, 0.4) is 0 Å². The molecule has 1 aliphatic rings. The highest BCUT2D eigenvalue weighted by atomic mass is 16.5. The first-order chi connectivity index (χ1) is 8.08. The van der Waals surface area contributed by atoms with Crippen molar-refractivity contribution in [1.29, 1.82) is 0 Å². The fourth-order valence-electron chi connectivity index (χ4n) is 1.90. The summed E-state index contributed by atoms with van der Waals surface area (Å²) in [4.78, 5) is 14.0. The third-order valence-electron chi connectivity index (χ3n) is 2.88. The molecule has 5 heteroatoms. The summed E-state index contributed by atoms with van der Waals surface area (Å²) in [6, 6.07) is 2.06. The van der Waals surface area contributed by atoms with Gasteiger partial charge < -0.3 is 9.64 Å². The molecule has 1 fully saturated rings. The van der Waals surface area contributed by atoms with Crippen LogP contribution in [0.15, 0.2) is 12.3 Å². The normalized spacial score (nSPS) is 20.9. The molecule has 1 saturated heterocycles. The first-order valence-corrected chi connectivity index (χ1v) is 6.04. The minimum Gasteiger partial charge on any atom is -0.375 e. The maximum absolute atomic E-state index is 12.2. The number of aromatic nitrogens is 2. The molecule has 0 bridgehead atoms. The van der Waals surface area contributed by atoms with Crippen LogP contribution >= 0.6 is 0 Å². The quantitative estimate of drug-likeness (QED) is 0.779. The van der Waals surface area contributed by atoms with E-state index < -0.39 is 0 Å². The predicted octanol–water partition coefficient (Wildman–Crippen LogP) is 1.32. The summed E-state index contributed by atoms with van der Waals surface area (Å²) in [5.41, 5.74) is 0.521. The maximum Gasteiger partial charge on any atom is 0.274 e. The third-order valence-corrected chi connectivity index (χ3v) is 2.88. The standard InChI is InChI=1S/C12H19N3O2/c1-9(2)15-5-4-11(13-15)12(16)14-6-7-17-10(3)8-14/h4-5,9-10H,6-8H2,1-3H3/t10-/m0/s1. The maximum atomic E-state index is 12.2. The van der Waals surface area contributed by atoms with Crippen molar-refractivity contribution < 1.29 is 9.53 Å². The molecule has 0 radical (unpaired) electrons. The highest BCUT2D eigenvalue weighted by Gasteiger charge is 2.24. The summed E-state index contributed by atoms with van der Waals surface area (Å²) >= 11 is 0. The van der Waals surface area contributed by atoms with E-state index in [2.05, 4.69) is 5.10 Å². The molecule has 1 atom stereocenters. The van der Waals surface area contributed by atoms with E-state index in [0.717, 1.165) is 0 Å². The largest absolute Gasteiger partial charge is 0.375 e. The molecule has 1 aromatic rings. The number of ether oxygens (including phenoxy) is 1. The molecule has 5 nitrogen and oxygen atoms in total. The zero-order chi connectivity index (χ0) is 12.4. The molecule has 2 heterocycles. The number of carbonyl (C=O) groups is 1. The molecule has 0 N–H and O–H groups in total. The van der Waals surface area contributed by atoms with Crippen LogP contribution in [0.25, 0.3) is 0 Å². The van der Waals surface area contributed by atoms with Crippen LogP contribution in [0.4, 0.5) is 0 Å². The summed E-state index contributed by atoms with van der Waals surface area (Å²) in [6.45, 7) is 7.96. The molecule has 0 unspecified atom stereocenters. The van der Waals surface area contributed by atoms with Gasteiger partial charge in [-0.05, 0) is 26.8 Å². The predicted molar refractivity (Wildman–Crippen MR) is 63.9 cm³/mol. The minimum atomic E-state index is -0.000417. The summed E-state index contributed by atoms with van der Waals surface area (Å²) in [5, 5.41) is 4.29. The molecule has 17 heavy (non-hydrogen) atoms. The Bertz CT molecular complexity index is 400. The first kappa shape index (κ1) is 12.1. The third kappa shape index (κ3) is 2.66. The Morgan fingerprint density at radius 3 is 2.94 bits per heavy atom. The fourth-order valence-corrected chi connectivity index (χ4v) is 1.90. The fraction of sp³-hybridized carbons (Fsp3) is 0.667. The van der Waals surface area contributed by atoms with E-state index in [4.69, 9.17) is 4.74 Å². The summed E-state index contributed by atoms with van der Waals surface area (Å²) < 4.78 is 7.22. The minimum absolute atomic E-state index is 0.000417. The molecule has 0 aromatic carbocycles. The van der Waals surface area contributed by atoms with Crippen LogP contribution in [0, 0.1) is 0 Å². The number of nitrogens with zero attached hydrogens (tertiary/aromatic N) is 3. The summed E-state index contributed by atoms with van der Waals surface area (Å²) in [5.74, 6) is -0.000417. The van der Waals surface area contributed by atoms with Gasteiger partial charge in [-0.1, -0.05) is 0 Å². The van der Waals surface area contributed by atoms with E-state index >= 15 is 0 Å². The SMILES string of the molecule is CC(C)n1ccc(C(=O)N2CCO[C@@H](C)C2)n1. The van der Waals surface area contributed by atoms with Gasteiger partial charge in [0.1, 0.15) is 5.69 Å². The van der Waals surface area contributed by atoms with Gasteiger partial charge in [0, 0.05) is 25.3 Å². The Kier molecular flexibility index (Phi) is 3.47. The average Bonchev–Trinajstić information content (AvgIpc) is 2.77. The van der Waals surface area contributed by atoms with Gasteiger partial charge >= 0.3 is 0 Å². The van der Waals surface area contributed by atoms with Crippen molar-refractivity contribution in [2.24, 2.45) is 0 Å². The highest BCUT2D eigenvalue weighted by molar-refractivity contribution is 5.92. The zero-order valence-corrected chi connectivity index (χ0v) is 10.6. The van der Waals surface area contributed by atoms with Crippen LogP contribution in [-0.4, -0.2) is 46.4 Å². The van der Waals surface area contributed by atoms with Gasteiger partial charge in [-0.3, -0.25) is 9.48 Å². The second-order valence-corrected chi connectivity index (χ2v) is 4.71. The van der Waals surface area contributed by atoms with E-state index in [1.807, 2.05) is 27.0 Å². The van der Waals surface area contributed by atoms with Gasteiger partial charge in [0.25, 0.3) is 5.91 Å².